The minimum atomic E-state index is -0.400. The minimum absolute atomic E-state index is 0.0363. The molecule has 1 aliphatic carbocycles. The Balaban J connectivity index is 1.09. The van der Waals surface area contributed by atoms with E-state index in [9.17, 15) is 9.18 Å². The highest BCUT2D eigenvalue weighted by atomic mass is 19.1. The Bertz CT molecular complexity index is 2060. The third-order valence-electron chi connectivity index (χ3n) is 8.88. The van der Waals surface area contributed by atoms with Gasteiger partial charge in [0.1, 0.15) is 29.4 Å². The molecule has 1 saturated carbocycles. The lowest BCUT2D eigenvalue weighted by Gasteiger charge is -2.24. The maximum absolute atomic E-state index is 14.8. The molecule has 0 radical (unpaired) electrons. The molecule has 232 valence electrons. The molecule has 0 unspecified atom stereocenters. The van der Waals surface area contributed by atoms with E-state index in [1.165, 1.54) is 25.0 Å². The van der Waals surface area contributed by atoms with Gasteiger partial charge in [0.15, 0.2) is 11.5 Å². The smallest absolute Gasteiger partial charge is 0.227 e. The Morgan fingerprint density at radius 3 is 2.72 bits per heavy atom. The zero-order valence-corrected chi connectivity index (χ0v) is 25.1. The van der Waals surface area contributed by atoms with E-state index >= 15 is 0 Å². The number of benzene rings is 1. The van der Waals surface area contributed by atoms with E-state index in [4.69, 9.17) is 9.72 Å². The molecule has 3 N–H and O–H groups in total. The van der Waals surface area contributed by atoms with Crippen LogP contribution in [0, 0.1) is 11.7 Å². The number of pyridine rings is 3. The van der Waals surface area contributed by atoms with Crippen molar-refractivity contribution in [1.82, 2.24) is 40.0 Å². The summed E-state index contributed by atoms with van der Waals surface area (Å²) >= 11 is 0. The van der Waals surface area contributed by atoms with Crippen LogP contribution in [-0.4, -0.2) is 72.2 Å². The lowest BCUT2D eigenvalue weighted by atomic mass is 9.85. The van der Waals surface area contributed by atoms with Crippen molar-refractivity contribution in [2.45, 2.75) is 32.1 Å². The third-order valence-corrected chi connectivity index (χ3v) is 8.88. The maximum Gasteiger partial charge on any atom is 0.227 e. The number of nitrogens with one attached hydrogen (secondary N) is 3. The fourth-order valence-corrected chi connectivity index (χ4v) is 6.17. The van der Waals surface area contributed by atoms with Gasteiger partial charge in [-0.1, -0.05) is 6.42 Å². The predicted molar refractivity (Wildman–Crippen MR) is 173 cm³/mol. The lowest BCUT2D eigenvalue weighted by Crippen LogP contribution is -2.28. The average molecular weight is 618 g/mol. The maximum atomic E-state index is 14.8. The second kappa shape index (κ2) is 11.9. The van der Waals surface area contributed by atoms with Crippen molar-refractivity contribution in [3.8, 4) is 39.7 Å². The molecule has 2 fully saturated rings. The van der Waals surface area contributed by atoms with Gasteiger partial charge in [0.25, 0.3) is 0 Å². The Morgan fingerprint density at radius 1 is 1.00 bits per heavy atom. The molecule has 12 heteroatoms. The standard InChI is InChI=1S/C34H32FN9O2/c35-24-12-21(14-26(16-24)46-11-10-44-8-1-2-9-44)29-31-28(6-7-37-29)40-33(41-31)30-27-15-23(18-38-32(27)43-42-30)22-13-25(19-36-17-22)39-34(45)20-4-3-5-20/h6-7,12-20H,1-5,8-11H2,(H,39,45)(H,40,41)(H,38,42,43). The van der Waals surface area contributed by atoms with E-state index in [1.54, 1.807) is 24.8 Å². The zero-order chi connectivity index (χ0) is 31.0. The number of carbonyl (C=O) groups is 1. The number of amides is 1. The number of aromatic amines is 2. The Hall–Kier alpha value is -5.23. The fraction of sp³-hybridized carbons (Fsp3) is 0.294. The number of anilines is 1. The highest BCUT2D eigenvalue weighted by molar-refractivity contribution is 5.97. The molecule has 46 heavy (non-hydrogen) atoms. The highest BCUT2D eigenvalue weighted by Gasteiger charge is 2.25. The summed E-state index contributed by atoms with van der Waals surface area (Å²) in [5, 5.41) is 11.2. The monoisotopic (exact) mass is 617 g/mol. The van der Waals surface area contributed by atoms with Crippen LogP contribution in [0.4, 0.5) is 10.1 Å². The third kappa shape index (κ3) is 5.56. The summed E-state index contributed by atoms with van der Waals surface area (Å²) in [4.78, 5) is 36.6. The van der Waals surface area contributed by atoms with Gasteiger partial charge < -0.3 is 15.0 Å². The quantitative estimate of drug-likeness (QED) is 0.180. The van der Waals surface area contributed by atoms with Gasteiger partial charge in [0.2, 0.25) is 5.91 Å². The van der Waals surface area contributed by atoms with E-state index in [-0.39, 0.29) is 11.8 Å². The summed E-state index contributed by atoms with van der Waals surface area (Å²) in [6.45, 7) is 3.47. The molecule has 11 nitrogen and oxygen atoms in total. The van der Waals surface area contributed by atoms with Crippen molar-refractivity contribution in [2.24, 2.45) is 5.92 Å². The number of hydrogen-bond acceptors (Lipinski definition) is 8. The van der Waals surface area contributed by atoms with Crippen molar-refractivity contribution in [3.05, 3.63) is 67.0 Å². The van der Waals surface area contributed by atoms with Crippen LogP contribution in [0.1, 0.15) is 32.1 Å². The van der Waals surface area contributed by atoms with E-state index in [1.807, 2.05) is 24.3 Å². The van der Waals surface area contributed by atoms with Crippen molar-refractivity contribution >= 4 is 33.7 Å². The van der Waals surface area contributed by atoms with Crippen molar-refractivity contribution in [3.63, 3.8) is 0 Å². The van der Waals surface area contributed by atoms with Gasteiger partial charge in [-0.15, -0.1) is 0 Å². The summed E-state index contributed by atoms with van der Waals surface area (Å²) in [5.41, 5.74) is 5.92. The highest BCUT2D eigenvalue weighted by Crippen LogP contribution is 2.34. The number of fused-ring (bicyclic) bond motifs is 2. The number of likely N-dealkylation sites (tertiary alicyclic amines) is 1. The number of ether oxygens (including phenoxy) is 1. The topological polar surface area (TPSA) is 138 Å². The van der Waals surface area contributed by atoms with Crippen LogP contribution in [0.25, 0.3) is 56.0 Å². The number of imidazole rings is 1. The lowest BCUT2D eigenvalue weighted by molar-refractivity contribution is -0.122. The molecule has 0 spiro atoms. The molecule has 8 rings (SSSR count). The van der Waals surface area contributed by atoms with Crippen LogP contribution in [0.3, 0.4) is 0 Å². The van der Waals surface area contributed by atoms with Gasteiger partial charge >= 0.3 is 0 Å². The van der Waals surface area contributed by atoms with E-state index in [2.05, 4.69) is 40.3 Å². The first-order chi connectivity index (χ1) is 22.6. The van der Waals surface area contributed by atoms with Crippen LogP contribution in [0.15, 0.2) is 61.2 Å². The first-order valence-corrected chi connectivity index (χ1v) is 15.7. The summed E-state index contributed by atoms with van der Waals surface area (Å²) < 4.78 is 20.7. The Labute approximate surface area is 263 Å². The van der Waals surface area contributed by atoms with Crippen LogP contribution in [-0.2, 0) is 4.79 Å². The first-order valence-electron chi connectivity index (χ1n) is 15.7. The van der Waals surface area contributed by atoms with Crippen LogP contribution in [0.2, 0.25) is 0 Å². The molecule has 6 aromatic rings. The first kappa shape index (κ1) is 28.3. The van der Waals surface area contributed by atoms with Gasteiger partial charge in [-0.25, -0.2) is 14.4 Å². The van der Waals surface area contributed by atoms with Gasteiger partial charge in [0, 0.05) is 53.8 Å². The Morgan fingerprint density at radius 2 is 1.87 bits per heavy atom. The molecular weight excluding hydrogens is 585 g/mol. The number of aromatic nitrogens is 7. The second-order valence-electron chi connectivity index (χ2n) is 12.0. The SMILES string of the molecule is O=C(Nc1cncc(-c2cnc3n[nH]c(-c4nc5c(-c6cc(F)cc(OCCN7CCCC7)c6)nccc5[nH]4)c3c2)c1)C1CCC1. The molecule has 1 saturated heterocycles. The molecule has 0 atom stereocenters. The predicted octanol–water partition coefficient (Wildman–Crippen LogP) is 5.98. The normalized spacial score (nSPS) is 15.4. The average Bonchev–Trinajstić information content (AvgIpc) is 3.79. The summed E-state index contributed by atoms with van der Waals surface area (Å²) in [6, 6.07) is 10.4. The number of rotatable bonds is 9. The minimum Gasteiger partial charge on any atom is -0.492 e. The number of halogens is 1. The summed E-state index contributed by atoms with van der Waals surface area (Å²) in [5.74, 6) is 0.722. The Kier molecular flexibility index (Phi) is 7.33. The molecule has 0 bridgehead atoms. The molecular formula is C34H32FN9O2. The van der Waals surface area contributed by atoms with Gasteiger partial charge in [-0.05, 0) is 69.1 Å². The van der Waals surface area contributed by atoms with E-state index in [0.717, 1.165) is 60.9 Å². The second-order valence-corrected chi connectivity index (χ2v) is 12.0. The number of carbonyl (C=O) groups excluding carboxylic acids is 1. The van der Waals surface area contributed by atoms with Crippen LogP contribution in [0.5, 0.6) is 5.75 Å². The molecule has 6 heterocycles. The molecule has 1 aromatic carbocycles. The molecule has 1 amide bonds. The van der Waals surface area contributed by atoms with Crippen LogP contribution >= 0.6 is 0 Å². The largest absolute Gasteiger partial charge is 0.492 e. The van der Waals surface area contributed by atoms with Crippen molar-refractivity contribution in [1.29, 1.82) is 0 Å². The molecule has 5 aromatic heterocycles. The number of H-pyrrole nitrogens is 2. The van der Waals surface area contributed by atoms with E-state index < -0.39 is 5.82 Å². The number of nitrogens with zero attached hydrogens (tertiary/aromatic N) is 6. The van der Waals surface area contributed by atoms with Crippen molar-refractivity contribution in [2.75, 3.05) is 31.6 Å². The van der Waals surface area contributed by atoms with E-state index in [0.29, 0.717) is 52.0 Å². The molecule has 1 aliphatic heterocycles. The molecule has 2 aliphatic rings. The summed E-state index contributed by atoms with van der Waals surface area (Å²) in [7, 11) is 0. The summed E-state index contributed by atoms with van der Waals surface area (Å²) in [6.07, 6.45) is 12.2. The fourth-order valence-electron chi connectivity index (χ4n) is 6.17. The van der Waals surface area contributed by atoms with Gasteiger partial charge in [-0.3, -0.25) is 24.8 Å². The van der Waals surface area contributed by atoms with Crippen molar-refractivity contribution < 1.29 is 13.9 Å². The number of hydrogen-bond donors (Lipinski definition) is 3. The van der Waals surface area contributed by atoms with Gasteiger partial charge in [-0.2, -0.15) is 5.10 Å². The van der Waals surface area contributed by atoms with Gasteiger partial charge in [0.05, 0.1) is 28.5 Å². The zero-order valence-electron chi connectivity index (χ0n) is 25.1. The van der Waals surface area contributed by atoms with Crippen LogP contribution < -0.4 is 10.1 Å².